The van der Waals surface area contributed by atoms with Crippen molar-refractivity contribution in [2.24, 2.45) is 34.5 Å². The maximum atomic E-state index is 11.7. The molecule has 0 saturated heterocycles. The molecular formula is C20H30O2. The summed E-state index contributed by atoms with van der Waals surface area (Å²) in [6.45, 7) is 2.53. The van der Waals surface area contributed by atoms with Gasteiger partial charge in [0.1, 0.15) is 0 Å². The van der Waals surface area contributed by atoms with Crippen LogP contribution in [0, 0.1) is 34.5 Å². The normalized spacial score (nSPS) is 50.0. The Morgan fingerprint density at radius 1 is 1.14 bits per heavy atom. The summed E-state index contributed by atoms with van der Waals surface area (Å²) in [6, 6.07) is 0. The zero-order valence-electron chi connectivity index (χ0n) is 13.9. The molecule has 3 fully saturated rings. The number of hydrogen-bond donors (Lipinski definition) is 1. The zero-order chi connectivity index (χ0) is 15.4. The summed E-state index contributed by atoms with van der Waals surface area (Å²) in [5.41, 5.74) is 0.649. The van der Waals surface area contributed by atoms with Crippen LogP contribution in [-0.4, -0.2) is 11.1 Å². The molecule has 0 aromatic carbocycles. The average molecular weight is 302 g/mol. The fraction of sp³-hybridized carbons (Fsp3) is 0.850. The van der Waals surface area contributed by atoms with Crippen molar-refractivity contribution in [3.05, 3.63) is 12.2 Å². The van der Waals surface area contributed by atoms with Crippen LogP contribution < -0.4 is 0 Å². The first-order valence-corrected chi connectivity index (χ1v) is 9.44. The number of fused-ring (bicyclic) bond motifs is 5. The molecule has 0 heterocycles. The van der Waals surface area contributed by atoms with Gasteiger partial charge in [-0.25, -0.2) is 0 Å². The molecule has 0 bridgehead atoms. The van der Waals surface area contributed by atoms with Gasteiger partial charge in [0, 0.05) is 0 Å². The third-order valence-corrected chi connectivity index (χ3v) is 8.13. The van der Waals surface area contributed by atoms with E-state index in [-0.39, 0.29) is 5.41 Å². The molecular weight excluding hydrogens is 272 g/mol. The molecule has 0 spiro atoms. The van der Waals surface area contributed by atoms with Crippen LogP contribution in [0.5, 0.6) is 0 Å². The Hall–Kier alpha value is -0.790. The average Bonchev–Trinajstić information content (AvgIpc) is 2.88. The van der Waals surface area contributed by atoms with E-state index in [2.05, 4.69) is 19.1 Å². The number of allylic oxidation sites excluding steroid dienone is 2. The third kappa shape index (κ3) is 2.02. The first kappa shape index (κ1) is 14.8. The van der Waals surface area contributed by atoms with Gasteiger partial charge >= 0.3 is 5.97 Å². The predicted molar refractivity (Wildman–Crippen MR) is 87.4 cm³/mol. The number of carboxylic acid groups (broad SMARTS) is 1. The predicted octanol–water partition coefficient (Wildman–Crippen LogP) is 5.04. The third-order valence-electron chi connectivity index (χ3n) is 8.13. The second-order valence-electron chi connectivity index (χ2n) is 8.92. The molecule has 0 radical (unpaired) electrons. The molecule has 0 aliphatic heterocycles. The lowest BCUT2D eigenvalue weighted by Gasteiger charge is -2.59. The Morgan fingerprint density at radius 3 is 2.82 bits per heavy atom. The number of rotatable bonds is 2. The van der Waals surface area contributed by atoms with Gasteiger partial charge < -0.3 is 5.11 Å². The molecule has 22 heavy (non-hydrogen) atoms. The molecule has 0 aromatic heterocycles. The second kappa shape index (κ2) is 5.11. The number of carbonyl (C=O) groups is 1. The van der Waals surface area contributed by atoms with Gasteiger partial charge in [0.25, 0.3) is 0 Å². The van der Waals surface area contributed by atoms with Gasteiger partial charge in [-0.15, -0.1) is 0 Å². The Morgan fingerprint density at radius 2 is 2.00 bits per heavy atom. The van der Waals surface area contributed by atoms with Crippen LogP contribution in [0.2, 0.25) is 0 Å². The molecule has 122 valence electrons. The van der Waals surface area contributed by atoms with E-state index in [1.807, 2.05) is 0 Å². The smallest absolute Gasteiger partial charge is 0.303 e. The second-order valence-corrected chi connectivity index (χ2v) is 8.92. The quantitative estimate of drug-likeness (QED) is 0.726. The lowest BCUT2D eigenvalue weighted by Crippen LogP contribution is -2.53. The maximum Gasteiger partial charge on any atom is 0.303 e. The van der Waals surface area contributed by atoms with Crippen molar-refractivity contribution in [2.75, 3.05) is 0 Å². The van der Waals surface area contributed by atoms with Crippen LogP contribution in [0.25, 0.3) is 0 Å². The highest BCUT2D eigenvalue weighted by atomic mass is 16.4. The fourth-order valence-electron chi connectivity index (χ4n) is 7.23. The van der Waals surface area contributed by atoms with Crippen LogP contribution in [0.1, 0.15) is 71.1 Å². The van der Waals surface area contributed by atoms with E-state index in [1.54, 1.807) is 0 Å². The topological polar surface area (TPSA) is 37.3 Å². The lowest BCUT2D eigenvalue weighted by molar-refractivity contribution is -0.149. The van der Waals surface area contributed by atoms with Crippen LogP contribution in [0.15, 0.2) is 12.2 Å². The number of carboxylic acids is 1. The van der Waals surface area contributed by atoms with Gasteiger partial charge in [-0.2, -0.15) is 0 Å². The van der Waals surface area contributed by atoms with Gasteiger partial charge in [-0.3, -0.25) is 4.79 Å². The van der Waals surface area contributed by atoms with E-state index in [4.69, 9.17) is 0 Å². The minimum Gasteiger partial charge on any atom is -0.481 e. The standard InChI is InChI=1S/C20H30O2/c1-19-10-4-6-16(19)15-8-7-14-5-2-3-11-20(14,13-18(21)22)17(15)9-12-19/h2,5,14-17H,3-4,6-13H2,1H3,(H,21,22)/t14?,15-,16-,17-,19-,20+/m0/s1. The van der Waals surface area contributed by atoms with E-state index in [9.17, 15) is 9.90 Å². The minimum atomic E-state index is -0.569. The maximum absolute atomic E-state index is 11.7. The molecule has 0 amide bonds. The molecule has 4 aliphatic carbocycles. The van der Waals surface area contributed by atoms with Gasteiger partial charge in [0.15, 0.2) is 0 Å². The van der Waals surface area contributed by atoms with Crippen molar-refractivity contribution in [1.82, 2.24) is 0 Å². The highest BCUT2D eigenvalue weighted by Crippen LogP contribution is 2.66. The lowest BCUT2D eigenvalue weighted by atomic mass is 9.45. The van der Waals surface area contributed by atoms with Crippen LogP contribution in [0.4, 0.5) is 0 Å². The van der Waals surface area contributed by atoms with E-state index in [0.29, 0.717) is 23.7 Å². The molecule has 2 nitrogen and oxygen atoms in total. The van der Waals surface area contributed by atoms with Gasteiger partial charge in [-0.05, 0) is 85.9 Å². The molecule has 4 aliphatic rings. The molecule has 6 atom stereocenters. The summed E-state index contributed by atoms with van der Waals surface area (Å²) in [4.78, 5) is 11.7. The highest BCUT2D eigenvalue weighted by molar-refractivity contribution is 5.68. The van der Waals surface area contributed by atoms with Crippen molar-refractivity contribution in [3.63, 3.8) is 0 Å². The monoisotopic (exact) mass is 302 g/mol. The Bertz CT molecular complexity index is 496. The van der Waals surface area contributed by atoms with E-state index >= 15 is 0 Å². The fourth-order valence-corrected chi connectivity index (χ4v) is 7.23. The summed E-state index contributed by atoms with van der Waals surface area (Å²) >= 11 is 0. The zero-order valence-corrected chi connectivity index (χ0v) is 13.9. The van der Waals surface area contributed by atoms with E-state index in [1.165, 1.54) is 44.9 Å². The highest BCUT2D eigenvalue weighted by Gasteiger charge is 2.58. The van der Waals surface area contributed by atoms with Crippen molar-refractivity contribution >= 4 is 5.97 Å². The Labute approximate surface area is 134 Å². The van der Waals surface area contributed by atoms with Gasteiger partial charge in [0.2, 0.25) is 0 Å². The van der Waals surface area contributed by atoms with Gasteiger partial charge in [0.05, 0.1) is 6.42 Å². The molecule has 4 rings (SSSR count). The summed E-state index contributed by atoms with van der Waals surface area (Å²) < 4.78 is 0. The van der Waals surface area contributed by atoms with Crippen molar-refractivity contribution in [1.29, 1.82) is 0 Å². The minimum absolute atomic E-state index is 0.0768. The first-order chi connectivity index (χ1) is 10.6. The first-order valence-electron chi connectivity index (χ1n) is 9.44. The molecule has 1 N–H and O–H groups in total. The van der Waals surface area contributed by atoms with Crippen LogP contribution in [-0.2, 0) is 4.79 Å². The van der Waals surface area contributed by atoms with Crippen molar-refractivity contribution < 1.29 is 9.90 Å². The molecule has 1 unspecified atom stereocenters. The summed E-state index contributed by atoms with van der Waals surface area (Å²) in [5, 5.41) is 9.60. The molecule has 3 saturated carbocycles. The molecule has 0 aromatic rings. The summed E-state index contributed by atoms with van der Waals surface area (Å²) in [6.07, 6.45) is 16.7. The van der Waals surface area contributed by atoms with E-state index in [0.717, 1.165) is 24.7 Å². The van der Waals surface area contributed by atoms with E-state index < -0.39 is 5.97 Å². The molecule has 2 heteroatoms. The van der Waals surface area contributed by atoms with Crippen LogP contribution in [0.3, 0.4) is 0 Å². The largest absolute Gasteiger partial charge is 0.481 e. The Balaban J connectivity index is 1.70. The van der Waals surface area contributed by atoms with Gasteiger partial charge in [-0.1, -0.05) is 25.5 Å². The number of hydrogen-bond acceptors (Lipinski definition) is 1. The SMILES string of the molecule is C[C@@]12CCC[C@H]1[C@@H]1CCC3C=CCC[C@]3(CC(=O)O)[C@H]1CC2. The van der Waals surface area contributed by atoms with Crippen LogP contribution >= 0.6 is 0 Å². The van der Waals surface area contributed by atoms with Crippen molar-refractivity contribution in [3.8, 4) is 0 Å². The number of aliphatic carboxylic acids is 1. The summed E-state index contributed by atoms with van der Waals surface area (Å²) in [7, 11) is 0. The van der Waals surface area contributed by atoms with Crippen molar-refractivity contribution in [2.45, 2.75) is 71.1 Å². The summed E-state index contributed by atoms with van der Waals surface area (Å²) in [5.74, 6) is 2.32. The Kier molecular flexibility index (Phi) is 3.43.